The average molecular weight is 328 g/mol. The zero-order chi connectivity index (χ0) is 15.6. The fourth-order valence-corrected chi connectivity index (χ4v) is 3.60. The fourth-order valence-electron chi connectivity index (χ4n) is 1.54. The van der Waals surface area contributed by atoms with Crippen LogP contribution < -0.4 is 5.32 Å². The van der Waals surface area contributed by atoms with Gasteiger partial charge < -0.3 is 5.32 Å². The summed E-state index contributed by atoms with van der Waals surface area (Å²) in [5, 5.41) is 3.91. The number of thiophene rings is 1. The molecule has 5 nitrogen and oxygen atoms in total. The number of halogens is 1. The van der Waals surface area contributed by atoms with Gasteiger partial charge in [0.05, 0.1) is 9.77 Å². The van der Waals surface area contributed by atoms with Gasteiger partial charge in [-0.3, -0.25) is 4.79 Å². The quantitative estimate of drug-likeness (QED) is 0.937. The van der Waals surface area contributed by atoms with Gasteiger partial charge in [0, 0.05) is 25.2 Å². The number of carbonyl (C=O) groups is 1. The molecule has 1 aromatic heterocycles. The van der Waals surface area contributed by atoms with Crippen LogP contribution in [-0.2, 0) is 10.0 Å². The van der Waals surface area contributed by atoms with Crippen LogP contribution in [0.5, 0.6) is 0 Å². The van der Waals surface area contributed by atoms with Crippen LogP contribution in [0.2, 0.25) is 0 Å². The SMILES string of the molecule is CN(C)S(=O)(=O)c1csc(C(=O)Nc2cccc(F)c2)c1. The molecule has 0 saturated heterocycles. The molecular weight excluding hydrogens is 315 g/mol. The van der Waals surface area contributed by atoms with Gasteiger partial charge in [-0.15, -0.1) is 11.3 Å². The van der Waals surface area contributed by atoms with Gasteiger partial charge in [0.1, 0.15) is 5.82 Å². The van der Waals surface area contributed by atoms with Crippen molar-refractivity contribution in [2.24, 2.45) is 0 Å². The van der Waals surface area contributed by atoms with Crippen LogP contribution in [0.4, 0.5) is 10.1 Å². The number of amides is 1. The summed E-state index contributed by atoms with van der Waals surface area (Å²) in [7, 11) is -0.733. The Morgan fingerprint density at radius 2 is 2.00 bits per heavy atom. The van der Waals surface area contributed by atoms with Gasteiger partial charge in [-0.1, -0.05) is 6.07 Å². The molecule has 0 radical (unpaired) electrons. The largest absolute Gasteiger partial charge is 0.321 e. The Labute approximate surface area is 126 Å². The maximum absolute atomic E-state index is 13.0. The minimum atomic E-state index is -3.57. The maximum atomic E-state index is 13.0. The van der Waals surface area contributed by atoms with E-state index in [-0.39, 0.29) is 9.77 Å². The number of carbonyl (C=O) groups excluding carboxylic acids is 1. The van der Waals surface area contributed by atoms with Crippen molar-refractivity contribution >= 4 is 33.0 Å². The zero-order valence-electron chi connectivity index (χ0n) is 11.3. The van der Waals surface area contributed by atoms with E-state index in [1.807, 2.05) is 0 Å². The summed E-state index contributed by atoms with van der Waals surface area (Å²) in [4.78, 5) is 12.3. The third kappa shape index (κ3) is 3.46. The molecule has 21 heavy (non-hydrogen) atoms. The standard InChI is InChI=1S/C13H13FN2O3S2/c1-16(2)21(18,19)11-7-12(20-8-11)13(17)15-10-5-3-4-9(14)6-10/h3-8H,1-2H3,(H,15,17). The van der Waals surface area contributed by atoms with Gasteiger partial charge in [0.2, 0.25) is 10.0 Å². The molecule has 2 rings (SSSR count). The molecule has 112 valence electrons. The van der Waals surface area contributed by atoms with Gasteiger partial charge in [0.25, 0.3) is 5.91 Å². The van der Waals surface area contributed by atoms with Crippen molar-refractivity contribution in [3.05, 3.63) is 46.4 Å². The van der Waals surface area contributed by atoms with Gasteiger partial charge in [-0.25, -0.2) is 17.1 Å². The van der Waals surface area contributed by atoms with Crippen LogP contribution in [0.25, 0.3) is 0 Å². The number of benzene rings is 1. The molecular formula is C13H13FN2O3S2. The number of anilines is 1. The van der Waals surface area contributed by atoms with Gasteiger partial charge in [-0.2, -0.15) is 0 Å². The third-order valence-electron chi connectivity index (χ3n) is 2.66. The molecule has 0 unspecified atom stereocenters. The average Bonchev–Trinajstić information content (AvgIpc) is 2.88. The minimum Gasteiger partial charge on any atom is -0.321 e. The highest BCUT2D eigenvalue weighted by Crippen LogP contribution is 2.22. The molecule has 1 heterocycles. The molecule has 1 aromatic carbocycles. The fraction of sp³-hybridized carbons (Fsp3) is 0.154. The molecule has 8 heteroatoms. The Balaban J connectivity index is 2.20. The summed E-state index contributed by atoms with van der Waals surface area (Å²) in [6.07, 6.45) is 0. The zero-order valence-corrected chi connectivity index (χ0v) is 13.0. The monoisotopic (exact) mass is 328 g/mol. The molecule has 2 aromatic rings. The Morgan fingerprint density at radius 1 is 1.29 bits per heavy atom. The van der Waals surface area contributed by atoms with E-state index in [9.17, 15) is 17.6 Å². The molecule has 1 amide bonds. The first kappa shape index (κ1) is 15.6. The van der Waals surface area contributed by atoms with Crippen molar-refractivity contribution in [1.82, 2.24) is 4.31 Å². The maximum Gasteiger partial charge on any atom is 0.265 e. The smallest absolute Gasteiger partial charge is 0.265 e. The number of nitrogens with zero attached hydrogens (tertiary/aromatic N) is 1. The Hall–Kier alpha value is -1.77. The van der Waals surface area contributed by atoms with Crippen molar-refractivity contribution < 1.29 is 17.6 Å². The van der Waals surface area contributed by atoms with E-state index in [2.05, 4.69) is 5.32 Å². The highest BCUT2D eigenvalue weighted by molar-refractivity contribution is 7.89. The van der Waals surface area contributed by atoms with Crippen molar-refractivity contribution in [3.63, 3.8) is 0 Å². The van der Waals surface area contributed by atoms with E-state index in [0.29, 0.717) is 5.69 Å². The number of hydrogen-bond donors (Lipinski definition) is 1. The van der Waals surface area contributed by atoms with E-state index in [0.717, 1.165) is 15.6 Å². The highest BCUT2D eigenvalue weighted by atomic mass is 32.2. The summed E-state index contributed by atoms with van der Waals surface area (Å²) in [6.45, 7) is 0. The first-order valence-corrected chi connectivity index (χ1v) is 8.20. The second-order valence-electron chi connectivity index (χ2n) is 4.40. The van der Waals surface area contributed by atoms with Crippen LogP contribution in [0.15, 0.2) is 40.6 Å². The summed E-state index contributed by atoms with van der Waals surface area (Å²) in [5.74, 6) is -0.944. The lowest BCUT2D eigenvalue weighted by Crippen LogP contribution is -2.21. The molecule has 0 saturated carbocycles. The second-order valence-corrected chi connectivity index (χ2v) is 7.46. The summed E-state index contributed by atoms with van der Waals surface area (Å²) in [5.41, 5.74) is 0.311. The number of hydrogen-bond acceptors (Lipinski definition) is 4. The van der Waals surface area contributed by atoms with Crippen LogP contribution in [0.1, 0.15) is 9.67 Å². The van der Waals surface area contributed by atoms with E-state index >= 15 is 0 Å². The molecule has 1 N–H and O–H groups in total. The molecule has 0 aliphatic rings. The van der Waals surface area contributed by atoms with Crippen molar-refractivity contribution in [3.8, 4) is 0 Å². The first-order valence-electron chi connectivity index (χ1n) is 5.88. The van der Waals surface area contributed by atoms with Gasteiger partial charge >= 0.3 is 0 Å². The molecule has 0 aliphatic heterocycles. The minimum absolute atomic E-state index is 0.0573. The predicted molar refractivity (Wildman–Crippen MR) is 79.5 cm³/mol. The van der Waals surface area contributed by atoms with Crippen molar-refractivity contribution in [1.29, 1.82) is 0 Å². The van der Waals surface area contributed by atoms with Crippen molar-refractivity contribution in [2.75, 3.05) is 19.4 Å². The van der Waals surface area contributed by atoms with E-state index in [1.165, 1.54) is 43.7 Å². The highest BCUT2D eigenvalue weighted by Gasteiger charge is 2.21. The van der Waals surface area contributed by atoms with Crippen LogP contribution in [0, 0.1) is 5.82 Å². The van der Waals surface area contributed by atoms with E-state index in [4.69, 9.17) is 0 Å². The Bertz CT molecular complexity index is 769. The Morgan fingerprint density at radius 3 is 2.62 bits per heavy atom. The van der Waals surface area contributed by atoms with Crippen LogP contribution in [-0.4, -0.2) is 32.7 Å². The lowest BCUT2D eigenvalue weighted by molar-refractivity contribution is 0.103. The number of sulfonamides is 1. The first-order chi connectivity index (χ1) is 9.80. The predicted octanol–water partition coefficient (Wildman–Crippen LogP) is 2.39. The molecule has 0 fully saturated rings. The van der Waals surface area contributed by atoms with Crippen LogP contribution in [0.3, 0.4) is 0 Å². The molecule has 0 aliphatic carbocycles. The van der Waals surface area contributed by atoms with Crippen LogP contribution >= 0.6 is 11.3 Å². The van der Waals surface area contributed by atoms with E-state index in [1.54, 1.807) is 6.07 Å². The lowest BCUT2D eigenvalue weighted by Gasteiger charge is -2.08. The van der Waals surface area contributed by atoms with Gasteiger partial charge in [0.15, 0.2) is 0 Å². The summed E-state index contributed by atoms with van der Waals surface area (Å²) < 4.78 is 38.0. The topological polar surface area (TPSA) is 66.5 Å². The van der Waals surface area contributed by atoms with Gasteiger partial charge in [-0.05, 0) is 24.3 Å². The molecule has 0 bridgehead atoms. The Kier molecular flexibility index (Phi) is 4.40. The van der Waals surface area contributed by atoms with E-state index < -0.39 is 21.7 Å². The molecule has 0 atom stereocenters. The van der Waals surface area contributed by atoms with Crippen molar-refractivity contribution in [2.45, 2.75) is 4.90 Å². The molecule has 0 spiro atoms. The second kappa shape index (κ2) is 5.92. The number of nitrogens with one attached hydrogen (secondary N) is 1. The summed E-state index contributed by atoms with van der Waals surface area (Å²) in [6, 6.07) is 6.77. The number of rotatable bonds is 4. The lowest BCUT2D eigenvalue weighted by atomic mass is 10.3. The third-order valence-corrected chi connectivity index (χ3v) is 5.53. The summed E-state index contributed by atoms with van der Waals surface area (Å²) >= 11 is 1.01. The normalized spacial score (nSPS) is 11.6.